The van der Waals surface area contributed by atoms with Crippen molar-refractivity contribution in [1.82, 2.24) is 4.98 Å². The van der Waals surface area contributed by atoms with Crippen LogP contribution in [0.25, 0.3) is 10.8 Å². The number of fused-ring (bicyclic) bond motifs is 1. The van der Waals surface area contributed by atoms with Crippen LogP contribution >= 0.6 is 0 Å². The predicted molar refractivity (Wildman–Crippen MR) is 103 cm³/mol. The van der Waals surface area contributed by atoms with Gasteiger partial charge in [-0.05, 0) is 42.5 Å². The zero-order chi connectivity index (χ0) is 18.5. The molecule has 0 saturated heterocycles. The Morgan fingerprint density at radius 1 is 1.15 bits per heavy atom. The van der Waals surface area contributed by atoms with Gasteiger partial charge in [0.05, 0.1) is 0 Å². The molecule has 26 heavy (non-hydrogen) atoms. The number of benzene rings is 2. The summed E-state index contributed by atoms with van der Waals surface area (Å²) in [6.07, 6.45) is 1.66. The SMILES string of the molecule is Cc1cccc(NC(=O)CO/N=C(\N)c2nccc3ccccc23)c1C. The Bertz CT molecular complexity index is 977. The first-order valence-electron chi connectivity index (χ1n) is 8.22. The van der Waals surface area contributed by atoms with Crippen LogP contribution in [-0.2, 0) is 9.63 Å². The third-order valence-electron chi connectivity index (χ3n) is 4.15. The molecule has 1 amide bonds. The summed E-state index contributed by atoms with van der Waals surface area (Å²) in [5.41, 5.74) is 9.38. The summed E-state index contributed by atoms with van der Waals surface area (Å²) in [5, 5.41) is 8.52. The molecule has 0 aliphatic carbocycles. The monoisotopic (exact) mass is 348 g/mol. The number of amides is 1. The summed E-state index contributed by atoms with van der Waals surface area (Å²) in [4.78, 5) is 21.4. The first-order valence-corrected chi connectivity index (χ1v) is 8.22. The fourth-order valence-electron chi connectivity index (χ4n) is 2.60. The molecule has 0 aliphatic heterocycles. The second kappa shape index (κ2) is 7.65. The Balaban J connectivity index is 1.66. The summed E-state index contributed by atoms with van der Waals surface area (Å²) >= 11 is 0. The van der Waals surface area contributed by atoms with Gasteiger partial charge in [0, 0.05) is 17.3 Å². The van der Waals surface area contributed by atoms with Crippen molar-refractivity contribution in [2.45, 2.75) is 13.8 Å². The summed E-state index contributed by atoms with van der Waals surface area (Å²) in [5.74, 6) is -0.178. The van der Waals surface area contributed by atoms with Crippen molar-refractivity contribution < 1.29 is 9.63 Å². The first-order chi connectivity index (χ1) is 12.6. The van der Waals surface area contributed by atoms with Crippen molar-refractivity contribution in [2.75, 3.05) is 11.9 Å². The molecule has 0 unspecified atom stereocenters. The van der Waals surface area contributed by atoms with Crippen molar-refractivity contribution in [2.24, 2.45) is 10.9 Å². The highest BCUT2D eigenvalue weighted by Gasteiger charge is 2.09. The van der Waals surface area contributed by atoms with Crippen LogP contribution in [0.2, 0.25) is 0 Å². The molecule has 6 heteroatoms. The number of nitrogens with two attached hydrogens (primary N) is 1. The Morgan fingerprint density at radius 3 is 2.81 bits per heavy atom. The van der Waals surface area contributed by atoms with E-state index in [0.29, 0.717) is 5.69 Å². The van der Waals surface area contributed by atoms with E-state index in [4.69, 9.17) is 10.6 Å². The lowest BCUT2D eigenvalue weighted by Crippen LogP contribution is -2.20. The maximum absolute atomic E-state index is 12.0. The van der Waals surface area contributed by atoms with Gasteiger partial charge in [-0.1, -0.05) is 41.6 Å². The van der Waals surface area contributed by atoms with E-state index < -0.39 is 0 Å². The second-order valence-electron chi connectivity index (χ2n) is 5.93. The van der Waals surface area contributed by atoms with Crippen LogP contribution in [0.4, 0.5) is 5.69 Å². The predicted octanol–water partition coefficient (Wildman–Crippen LogP) is 3.13. The van der Waals surface area contributed by atoms with Gasteiger partial charge in [-0.25, -0.2) is 0 Å². The lowest BCUT2D eigenvalue weighted by atomic mass is 10.1. The van der Waals surface area contributed by atoms with E-state index in [1.165, 1.54) is 0 Å². The topological polar surface area (TPSA) is 89.6 Å². The molecular formula is C20H20N4O2. The van der Waals surface area contributed by atoms with E-state index in [1.807, 2.05) is 62.4 Å². The van der Waals surface area contributed by atoms with Gasteiger partial charge < -0.3 is 15.9 Å². The number of amidine groups is 1. The van der Waals surface area contributed by atoms with Crippen LogP contribution in [-0.4, -0.2) is 23.3 Å². The lowest BCUT2D eigenvalue weighted by Gasteiger charge is -2.10. The number of nitrogens with one attached hydrogen (secondary N) is 1. The van der Waals surface area contributed by atoms with Crippen LogP contribution in [0.1, 0.15) is 16.8 Å². The van der Waals surface area contributed by atoms with Crippen molar-refractivity contribution in [1.29, 1.82) is 0 Å². The van der Waals surface area contributed by atoms with Crippen LogP contribution in [0.5, 0.6) is 0 Å². The number of hydrogen-bond donors (Lipinski definition) is 2. The van der Waals surface area contributed by atoms with Crippen LogP contribution in [0.3, 0.4) is 0 Å². The van der Waals surface area contributed by atoms with Crippen molar-refractivity contribution >= 4 is 28.2 Å². The molecule has 0 spiro atoms. The van der Waals surface area contributed by atoms with Gasteiger partial charge in [0.1, 0.15) is 5.69 Å². The minimum absolute atomic E-state index is 0.126. The number of hydrogen-bond acceptors (Lipinski definition) is 4. The summed E-state index contributed by atoms with van der Waals surface area (Å²) in [6.45, 7) is 3.70. The fraction of sp³-hybridized carbons (Fsp3) is 0.150. The molecule has 1 heterocycles. The molecule has 1 aromatic heterocycles. The molecule has 0 aliphatic rings. The van der Waals surface area contributed by atoms with Gasteiger partial charge in [0.2, 0.25) is 0 Å². The third-order valence-corrected chi connectivity index (χ3v) is 4.15. The van der Waals surface area contributed by atoms with Gasteiger partial charge >= 0.3 is 0 Å². The molecule has 0 bridgehead atoms. The third kappa shape index (κ3) is 3.80. The van der Waals surface area contributed by atoms with Gasteiger partial charge in [-0.15, -0.1) is 0 Å². The molecule has 6 nitrogen and oxygen atoms in total. The number of carbonyl (C=O) groups excluding carboxylic acids is 1. The largest absolute Gasteiger partial charge is 0.384 e. The lowest BCUT2D eigenvalue weighted by molar-refractivity contribution is -0.120. The number of aromatic nitrogens is 1. The van der Waals surface area contributed by atoms with Gasteiger partial charge in [0.25, 0.3) is 5.91 Å². The number of pyridine rings is 1. The molecule has 0 saturated carbocycles. The second-order valence-corrected chi connectivity index (χ2v) is 5.93. The van der Waals surface area contributed by atoms with Crippen molar-refractivity contribution in [3.63, 3.8) is 0 Å². The van der Waals surface area contributed by atoms with Gasteiger partial charge in [-0.2, -0.15) is 0 Å². The Hall–Kier alpha value is -3.41. The molecule has 0 atom stereocenters. The quantitative estimate of drug-likeness (QED) is 0.421. The fourth-order valence-corrected chi connectivity index (χ4v) is 2.60. The molecule has 3 rings (SSSR count). The Morgan fingerprint density at radius 2 is 1.96 bits per heavy atom. The van der Waals surface area contributed by atoms with E-state index in [2.05, 4.69) is 15.5 Å². The number of oxime groups is 1. The Labute approximate surface area is 151 Å². The Kier molecular flexibility index (Phi) is 5.12. The standard InChI is InChI=1S/C20H20N4O2/c1-13-6-5-9-17(14(13)2)23-18(25)12-26-24-20(21)19-16-8-4-3-7-15(16)10-11-22-19/h3-11H,12H2,1-2H3,(H2,21,24)(H,23,25). The normalized spacial score (nSPS) is 11.4. The van der Waals surface area contributed by atoms with Gasteiger partial charge in [-0.3, -0.25) is 9.78 Å². The van der Waals surface area contributed by atoms with E-state index in [9.17, 15) is 4.79 Å². The minimum Gasteiger partial charge on any atom is -0.384 e. The number of aryl methyl sites for hydroxylation is 1. The smallest absolute Gasteiger partial charge is 0.265 e. The number of nitrogens with zero attached hydrogens (tertiary/aromatic N) is 2. The summed E-state index contributed by atoms with van der Waals surface area (Å²) < 4.78 is 0. The molecule has 132 valence electrons. The van der Waals surface area contributed by atoms with Crippen LogP contribution < -0.4 is 11.1 Å². The highest BCUT2D eigenvalue weighted by molar-refractivity contribution is 6.06. The van der Waals surface area contributed by atoms with E-state index in [0.717, 1.165) is 27.6 Å². The van der Waals surface area contributed by atoms with Crippen LogP contribution in [0, 0.1) is 13.8 Å². The number of anilines is 1. The van der Waals surface area contributed by atoms with Gasteiger partial charge in [0.15, 0.2) is 12.4 Å². The van der Waals surface area contributed by atoms with Crippen molar-refractivity contribution in [3.8, 4) is 0 Å². The first kappa shape index (κ1) is 17.4. The maximum atomic E-state index is 12.0. The summed E-state index contributed by atoms with van der Waals surface area (Å²) in [6, 6.07) is 15.3. The average Bonchev–Trinajstić information content (AvgIpc) is 2.65. The highest BCUT2D eigenvalue weighted by atomic mass is 16.6. The minimum atomic E-state index is -0.305. The molecular weight excluding hydrogens is 328 g/mol. The van der Waals surface area contributed by atoms with Crippen molar-refractivity contribution in [3.05, 3.63) is 71.5 Å². The zero-order valence-electron chi connectivity index (χ0n) is 14.7. The average molecular weight is 348 g/mol. The zero-order valence-corrected chi connectivity index (χ0v) is 14.7. The number of rotatable bonds is 5. The summed E-state index contributed by atoms with van der Waals surface area (Å²) in [7, 11) is 0. The number of carbonyl (C=O) groups is 1. The molecule has 0 radical (unpaired) electrons. The molecule has 3 aromatic rings. The molecule has 3 N–H and O–H groups in total. The molecule has 0 fully saturated rings. The van der Waals surface area contributed by atoms with E-state index >= 15 is 0 Å². The molecule has 2 aromatic carbocycles. The van der Waals surface area contributed by atoms with E-state index in [1.54, 1.807) is 6.20 Å². The maximum Gasteiger partial charge on any atom is 0.265 e. The van der Waals surface area contributed by atoms with Crippen LogP contribution in [0.15, 0.2) is 59.9 Å². The van der Waals surface area contributed by atoms with E-state index in [-0.39, 0.29) is 18.3 Å². The highest BCUT2D eigenvalue weighted by Crippen LogP contribution is 2.18.